The number of rotatable bonds is 2. The molecule has 0 aliphatic rings. The Bertz CT molecular complexity index is 2630. The second-order valence-electron chi connectivity index (χ2n) is 10.9. The quantitative estimate of drug-likeness (QED) is 0.168. The summed E-state index contributed by atoms with van der Waals surface area (Å²) >= 11 is 0. The lowest BCUT2D eigenvalue weighted by Crippen LogP contribution is -2.03. The number of hydrogen-bond acceptors (Lipinski definition) is 2. The van der Waals surface area contributed by atoms with Gasteiger partial charge in [0.05, 0.1) is 22.1 Å². The summed E-state index contributed by atoms with van der Waals surface area (Å²) in [5.41, 5.74) is 6.04. The van der Waals surface area contributed by atoms with Crippen molar-refractivity contribution in [2.24, 2.45) is 0 Å². The van der Waals surface area contributed by atoms with Crippen LogP contribution < -0.4 is 0 Å². The SMILES string of the molecule is c1ccc(-c2nc3ccccc3nc2-n2c3cccc4c5cccc6c7ccccc7c7ccc2c(c7c65)c43)cc1. The van der Waals surface area contributed by atoms with Crippen LogP contribution in [0.4, 0.5) is 0 Å². The molecule has 0 amide bonds. The van der Waals surface area contributed by atoms with Crippen molar-refractivity contribution in [2.45, 2.75) is 0 Å². The van der Waals surface area contributed by atoms with E-state index in [0.717, 1.165) is 39.1 Å². The lowest BCUT2D eigenvalue weighted by atomic mass is 9.86. The number of aromatic nitrogens is 3. The predicted octanol–water partition coefficient (Wildman–Crippen LogP) is 9.88. The first-order valence-corrected chi connectivity index (χ1v) is 14.0. The molecule has 2 heterocycles. The van der Waals surface area contributed by atoms with Crippen LogP contribution in [0.1, 0.15) is 0 Å². The van der Waals surface area contributed by atoms with Crippen LogP contribution >= 0.6 is 0 Å². The summed E-state index contributed by atoms with van der Waals surface area (Å²) in [4.78, 5) is 10.5. The lowest BCUT2D eigenvalue weighted by molar-refractivity contribution is 1.08. The Hall–Kier alpha value is -5.54. The van der Waals surface area contributed by atoms with Gasteiger partial charge in [0.15, 0.2) is 5.82 Å². The van der Waals surface area contributed by atoms with E-state index in [9.17, 15) is 0 Å². The molecule has 3 nitrogen and oxygen atoms in total. The average Bonchev–Trinajstić information content (AvgIpc) is 3.39. The molecule has 188 valence electrons. The molecule has 41 heavy (non-hydrogen) atoms. The molecule has 0 saturated carbocycles. The van der Waals surface area contributed by atoms with Gasteiger partial charge in [-0.05, 0) is 62.0 Å². The molecule has 10 aromatic rings. The van der Waals surface area contributed by atoms with E-state index in [1.165, 1.54) is 53.9 Å². The van der Waals surface area contributed by atoms with E-state index in [0.29, 0.717) is 0 Å². The van der Waals surface area contributed by atoms with Gasteiger partial charge in [-0.2, -0.15) is 0 Å². The second-order valence-corrected chi connectivity index (χ2v) is 10.9. The maximum absolute atomic E-state index is 5.31. The smallest absolute Gasteiger partial charge is 0.165 e. The first-order valence-electron chi connectivity index (χ1n) is 14.0. The Kier molecular flexibility index (Phi) is 3.93. The summed E-state index contributed by atoms with van der Waals surface area (Å²) in [7, 11) is 0. The zero-order valence-corrected chi connectivity index (χ0v) is 22.0. The number of fused-ring (bicyclic) bond motifs is 5. The van der Waals surface area contributed by atoms with Crippen molar-refractivity contribution in [2.75, 3.05) is 0 Å². The van der Waals surface area contributed by atoms with E-state index in [1.807, 2.05) is 24.3 Å². The predicted molar refractivity (Wildman–Crippen MR) is 172 cm³/mol. The minimum atomic E-state index is 0.856. The van der Waals surface area contributed by atoms with E-state index < -0.39 is 0 Å². The molecular formula is C38H21N3. The zero-order valence-electron chi connectivity index (χ0n) is 22.0. The van der Waals surface area contributed by atoms with Crippen molar-refractivity contribution >= 4 is 75.9 Å². The molecular weight excluding hydrogens is 498 g/mol. The van der Waals surface area contributed by atoms with E-state index in [-0.39, 0.29) is 0 Å². The van der Waals surface area contributed by atoms with Crippen LogP contribution in [-0.4, -0.2) is 14.5 Å². The molecule has 0 saturated heterocycles. The highest BCUT2D eigenvalue weighted by Gasteiger charge is 2.25. The van der Waals surface area contributed by atoms with Gasteiger partial charge in [0, 0.05) is 21.7 Å². The summed E-state index contributed by atoms with van der Waals surface area (Å²) in [5.74, 6) is 0.856. The van der Waals surface area contributed by atoms with Gasteiger partial charge in [-0.1, -0.05) is 103 Å². The summed E-state index contributed by atoms with van der Waals surface area (Å²) in [6.07, 6.45) is 0. The molecule has 0 spiro atoms. The molecule has 0 radical (unpaired) electrons. The first kappa shape index (κ1) is 21.3. The normalized spacial score (nSPS) is 12.4. The molecule has 0 aliphatic carbocycles. The van der Waals surface area contributed by atoms with Crippen LogP contribution in [0.3, 0.4) is 0 Å². The molecule has 0 bridgehead atoms. The monoisotopic (exact) mass is 519 g/mol. The van der Waals surface area contributed by atoms with Crippen LogP contribution in [0, 0.1) is 0 Å². The van der Waals surface area contributed by atoms with Crippen LogP contribution in [0.25, 0.3) is 93.0 Å². The average molecular weight is 520 g/mol. The van der Waals surface area contributed by atoms with Crippen molar-refractivity contribution in [1.29, 1.82) is 0 Å². The molecule has 8 aromatic carbocycles. The number of para-hydroxylation sites is 2. The van der Waals surface area contributed by atoms with Crippen molar-refractivity contribution < 1.29 is 0 Å². The minimum Gasteiger partial charge on any atom is -0.292 e. The third-order valence-corrected chi connectivity index (χ3v) is 8.88. The highest BCUT2D eigenvalue weighted by atomic mass is 15.1. The Labute approximate surface area is 234 Å². The fourth-order valence-electron chi connectivity index (χ4n) is 7.25. The number of benzene rings is 8. The summed E-state index contributed by atoms with van der Waals surface area (Å²) in [6.45, 7) is 0. The Balaban J connectivity index is 1.48. The molecule has 2 aromatic heterocycles. The van der Waals surface area contributed by atoms with Gasteiger partial charge in [-0.25, -0.2) is 9.97 Å². The maximum Gasteiger partial charge on any atom is 0.165 e. The fraction of sp³-hybridized carbons (Fsp3) is 0. The number of hydrogen-bond donors (Lipinski definition) is 0. The van der Waals surface area contributed by atoms with Crippen molar-refractivity contribution in [1.82, 2.24) is 14.5 Å². The van der Waals surface area contributed by atoms with Crippen LogP contribution in [0.2, 0.25) is 0 Å². The third-order valence-electron chi connectivity index (χ3n) is 8.88. The highest BCUT2D eigenvalue weighted by molar-refractivity contribution is 6.44. The Morgan fingerprint density at radius 1 is 0.366 bits per heavy atom. The molecule has 0 aliphatic heterocycles. The standard InChI is InChI=1S/C38H21N3/c1-2-10-22(11-3-1)37-38(40-30-18-7-6-17-29(30)39-37)41-31-19-9-16-27-26-15-8-14-25-23-12-4-5-13-24(23)28-20-21-32(41)36(34(27)31)35(28)33(25)26/h1-21H. The third kappa shape index (κ3) is 2.63. The van der Waals surface area contributed by atoms with Crippen LogP contribution in [0.5, 0.6) is 0 Å². The second kappa shape index (κ2) is 7.56. The zero-order chi connectivity index (χ0) is 26.7. The summed E-state index contributed by atoms with van der Waals surface area (Å²) in [5, 5.41) is 13.1. The number of nitrogens with zero attached hydrogens (tertiary/aromatic N) is 3. The first-order chi connectivity index (χ1) is 20.4. The van der Waals surface area contributed by atoms with Crippen molar-refractivity contribution in [3.63, 3.8) is 0 Å². The largest absolute Gasteiger partial charge is 0.292 e. The van der Waals surface area contributed by atoms with Crippen LogP contribution in [0.15, 0.2) is 127 Å². The fourth-order valence-corrected chi connectivity index (χ4v) is 7.25. The molecule has 0 unspecified atom stereocenters. The summed E-state index contributed by atoms with van der Waals surface area (Å²) in [6, 6.07) is 45.5. The van der Waals surface area contributed by atoms with Gasteiger partial charge in [0.2, 0.25) is 0 Å². The lowest BCUT2D eigenvalue weighted by Gasteiger charge is -2.16. The van der Waals surface area contributed by atoms with Crippen LogP contribution in [-0.2, 0) is 0 Å². The van der Waals surface area contributed by atoms with Gasteiger partial charge in [0.1, 0.15) is 5.69 Å². The van der Waals surface area contributed by atoms with Gasteiger partial charge in [0.25, 0.3) is 0 Å². The van der Waals surface area contributed by atoms with Gasteiger partial charge < -0.3 is 0 Å². The van der Waals surface area contributed by atoms with E-state index in [4.69, 9.17) is 9.97 Å². The molecule has 3 heteroatoms. The minimum absolute atomic E-state index is 0.856. The van der Waals surface area contributed by atoms with E-state index in [2.05, 4.69) is 108 Å². The van der Waals surface area contributed by atoms with E-state index >= 15 is 0 Å². The molecule has 10 rings (SSSR count). The van der Waals surface area contributed by atoms with Crippen molar-refractivity contribution in [3.8, 4) is 17.1 Å². The molecule has 0 fully saturated rings. The molecule has 0 N–H and O–H groups in total. The van der Waals surface area contributed by atoms with Gasteiger partial charge >= 0.3 is 0 Å². The summed E-state index contributed by atoms with van der Waals surface area (Å²) < 4.78 is 2.35. The highest BCUT2D eigenvalue weighted by Crippen LogP contribution is 2.49. The van der Waals surface area contributed by atoms with E-state index in [1.54, 1.807) is 0 Å². The molecule has 0 atom stereocenters. The Morgan fingerprint density at radius 3 is 1.71 bits per heavy atom. The Morgan fingerprint density at radius 2 is 0.927 bits per heavy atom. The topological polar surface area (TPSA) is 30.7 Å². The van der Waals surface area contributed by atoms with Gasteiger partial charge in [-0.15, -0.1) is 0 Å². The maximum atomic E-state index is 5.31. The van der Waals surface area contributed by atoms with Gasteiger partial charge in [-0.3, -0.25) is 4.57 Å². The van der Waals surface area contributed by atoms with Crippen molar-refractivity contribution in [3.05, 3.63) is 127 Å².